The van der Waals surface area contributed by atoms with Gasteiger partial charge in [-0.25, -0.2) is 8.78 Å². The third kappa shape index (κ3) is 5.50. The molecule has 0 bridgehead atoms. The molecule has 0 fully saturated rings. The molecular weight excluding hydrogens is 398 g/mol. The number of nitrogens with one attached hydrogen (secondary N) is 1. The van der Waals surface area contributed by atoms with Gasteiger partial charge in [0.1, 0.15) is 22.9 Å². The van der Waals surface area contributed by atoms with Gasteiger partial charge in [0.05, 0.1) is 0 Å². The van der Waals surface area contributed by atoms with Crippen LogP contribution in [0.1, 0.15) is 54.6 Å². The lowest BCUT2D eigenvalue weighted by Gasteiger charge is -2.30. The molecule has 0 spiro atoms. The van der Waals surface area contributed by atoms with E-state index in [2.05, 4.69) is 16.3 Å². The number of aryl methyl sites for hydroxylation is 1. The highest BCUT2D eigenvalue weighted by Gasteiger charge is 2.29. The van der Waals surface area contributed by atoms with E-state index in [1.54, 1.807) is 6.07 Å². The number of hydrogen-bond acceptors (Lipinski definition) is 3. The van der Waals surface area contributed by atoms with Crippen LogP contribution in [0.4, 0.5) is 8.78 Å². The second-order valence-corrected chi connectivity index (χ2v) is 7.58. The predicted molar refractivity (Wildman–Crippen MR) is 119 cm³/mol. The summed E-state index contributed by atoms with van der Waals surface area (Å²) in [5, 5.41) is 2.75. The van der Waals surface area contributed by atoms with Gasteiger partial charge in [0, 0.05) is 19.5 Å². The summed E-state index contributed by atoms with van der Waals surface area (Å²) in [5.74, 6) is -0.839. The molecule has 2 aromatic rings. The van der Waals surface area contributed by atoms with E-state index in [4.69, 9.17) is 4.74 Å². The van der Waals surface area contributed by atoms with Crippen LogP contribution < -0.4 is 10.1 Å². The molecule has 1 N–H and O–H groups in total. The van der Waals surface area contributed by atoms with Gasteiger partial charge in [0.25, 0.3) is 5.91 Å². The summed E-state index contributed by atoms with van der Waals surface area (Å²) in [6, 6.07) is 9.55. The van der Waals surface area contributed by atoms with E-state index in [0.29, 0.717) is 12.2 Å². The van der Waals surface area contributed by atoms with Crippen LogP contribution in [-0.4, -0.2) is 36.7 Å². The number of halogens is 2. The van der Waals surface area contributed by atoms with Gasteiger partial charge in [-0.2, -0.15) is 0 Å². The molecule has 0 radical (unpaired) electrons. The van der Waals surface area contributed by atoms with E-state index in [1.165, 1.54) is 23.8 Å². The van der Waals surface area contributed by atoms with Crippen molar-refractivity contribution >= 4 is 11.5 Å². The Labute approximate surface area is 182 Å². The molecule has 0 aliphatic carbocycles. The average Bonchev–Trinajstić information content (AvgIpc) is 2.79. The van der Waals surface area contributed by atoms with Crippen LogP contribution in [0, 0.1) is 18.6 Å². The Bertz CT molecular complexity index is 941. The summed E-state index contributed by atoms with van der Waals surface area (Å²) >= 11 is 0. The van der Waals surface area contributed by atoms with Crippen molar-refractivity contribution in [3.05, 3.63) is 70.8 Å². The molecule has 4 nitrogen and oxygen atoms in total. The molecule has 1 atom stereocenters. The summed E-state index contributed by atoms with van der Waals surface area (Å²) in [6.45, 7) is 8.48. The van der Waals surface area contributed by atoms with Crippen LogP contribution in [0.3, 0.4) is 0 Å². The molecule has 4 rings (SSSR count). The first-order valence-corrected chi connectivity index (χ1v) is 11.0. The fraction of sp³-hybridized carbons (Fsp3) is 0.400. The Kier molecular flexibility index (Phi) is 7.80. The Morgan fingerprint density at radius 3 is 2.55 bits per heavy atom. The second-order valence-electron chi connectivity index (χ2n) is 7.58. The first-order chi connectivity index (χ1) is 15.0. The van der Waals surface area contributed by atoms with E-state index in [0.717, 1.165) is 43.6 Å². The van der Waals surface area contributed by atoms with Crippen molar-refractivity contribution in [2.45, 2.75) is 46.3 Å². The standard InChI is InChI=1S/C23H24F2N2O2.C2H6/c1-15-4-9-19(25)21-22(15)29-20(26-23(21)28)3-2-12-27-13-10-17(11-14-27)16-5-7-18(24)8-6-16;1-2/h4-10,20H,2-3,11-14H2,1H3,(H,26,28);1-2H3. The lowest BCUT2D eigenvalue weighted by atomic mass is 9.99. The fourth-order valence-corrected chi connectivity index (χ4v) is 3.89. The van der Waals surface area contributed by atoms with Crippen molar-refractivity contribution < 1.29 is 18.3 Å². The molecular formula is C25H30F2N2O2. The Morgan fingerprint density at radius 2 is 1.87 bits per heavy atom. The van der Waals surface area contributed by atoms with Crippen molar-refractivity contribution in [2.24, 2.45) is 0 Å². The van der Waals surface area contributed by atoms with Crippen LogP contribution in [0.5, 0.6) is 5.75 Å². The van der Waals surface area contributed by atoms with Crippen molar-refractivity contribution in [3.8, 4) is 5.75 Å². The van der Waals surface area contributed by atoms with Gasteiger partial charge in [-0.15, -0.1) is 0 Å². The first kappa shape index (κ1) is 22.9. The SMILES string of the molecule is CC.Cc1ccc(F)c2c1OC(CCCN1CC=C(c3ccc(F)cc3)CC1)NC2=O. The highest BCUT2D eigenvalue weighted by Crippen LogP contribution is 2.30. The number of benzene rings is 2. The number of carbonyl (C=O) groups is 1. The quantitative estimate of drug-likeness (QED) is 0.701. The molecule has 0 saturated carbocycles. The van der Waals surface area contributed by atoms with E-state index in [-0.39, 0.29) is 11.4 Å². The van der Waals surface area contributed by atoms with Gasteiger partial charge in [-0.05, 0) is 61.2 Å². The summed E-state index contributed by atoms with van der Waals surface area (Å²) < 4.78 is 32.9. The zero-order valence-electron chi connectivity index (χ0n) is 18.4. The largest absolute Gasteiger partial charge is 0.469 e. The van der Waals surface area contributed by atoms with Crippen molar-refractivity contribution in [3.63, 3.8) is 0 Å². The van der Waals surface area contributed by atoms with E-state index in [1.807, 2.05) is 32.9 Å². The zero-order chi connectivity index (χ0) is 22.4. The number of rotatable bonds is 5. The Balaban J connectivity index is 0.00000132. The molecule has 1 unspecified atom stereocenters. The van der Waals surface area contributed by atoms with Crippen LogP contribution in [0.25, 0.3) is 5.57 Å². The number of nitrogens with zero attached hydrogens (tertiary/aromatic N) is 1. The minimum absolute atomic E-state index is 0.00394. The normalized spacial score (nSPS) is 18.2. The Hall–Kier alpha value is -2.73. The third-order valence-corrected chi connectivity index (χ3v) is 5.53. The molecule has 2 aliphatic rings. The summed E-state index contributed by atoms with van der Waals surface area (Å²) in [4.78, 5) is 14.6. The Morgan fingerprint density at radius 1 is 1.13 bits per heavy atom. The number of ether oxygens (including phenoxy) is 1. The highest BCUT2D eigenvalue weighted by molar-refractivity contribution is 5.98. The molecule has 6 heteroatoms. The van der Waals surface area contributed by atoms with Crippen LogP contribution in [-0.2, 0) is 0 Å². The van der Waals surface area contributed by atoms with Crippen molar-refractivity contribution in [1.82, 2.24) is 10.2 Å². The minimum atomic E-state index is -0.557. The molecule has 166 valence electrons. The van der Waals surface area contributed by atoms with Crippen LogP contribution >= 0.6 is 0 Å². The van der Waals surface area contributed by atoms with Crippen molar-refractivity contribution in [2.75, 3.05) is 19.6 Å². The maximum absolute atomic E-state index is 13.9. The average molecular weight is 429 g/mol. The summed E-state index contributed by atoms with van der Waals surface area (Å²) in [5.41, 5.74) is 3.08. The topological polar surface area (TPSA) is 41.6 Å². The summed E-state index contributed by atoms with van der Waals surface area (Å²) in [7, 11) is 0. The lowest BCUT2D eigenvalue weighted by molar-refractivity contribution is 0.0718. The minimum Gasteiger partial charge on any atom is -0.469 e. The summed E-state index contributed by atoms with van der Waals surface area (Å²) in [6.07, 6.45) is 4.19. The third-order valence-electron chi connectivity index (χ3n) is 5.53. The van der Waals surface area contributed by atoms with Crippen LogP contribution in [0.15, 0.2) is 42.5 Å². The predicted octanol–water partition coefficient (Wildman–Crippen LogP) is 5.32. The highest BCUT2D eigenvalue weighted by atomic mass is 19.1. The zero-order valence-corrected chi connectivity index (χ0v) is 18.4. The van der Waals surface area contributed by atoms with Gasteiger partial charge in [0.2, 0.25) is 0 Å². The molecule has 0 saturated heterocycles. The number of amides is 1. The maximum Gasteiger partial charge on any atom is 0.260 e. The van der Waals surface area contributed by atoms with E-state index in [9.17, 15) is 13.6 Å². The molecule has 2 aromatic carbocycles. The number of hydrogen-bond donors (Lipinski definition) is 1. The van der Waals surface area contributed by atoms with Crippen molar-refractivity contribution in [1.29, 1.82) is 0 Å². The van der Waals surface area contributed by atoms with Gasteiger partial charge < -0.3 is 10.1 Å². The molecule has 31 heavy (non-hydrogen) atoms. The monoisotopic (exact) mass is 428 g/mol. The van der Waals surface area contributed by atoms with E-state index >= 15 is 0 Å². The van der Waals surface area contributed by atoms with Gasteiger partial charge >= 0.3 is 0 Å². The molecule has 0 aromatic heterocycles. The van der Waals surface area contributed by atoms with Gasteiger partial charge in [0.15, 0.2) is 6.23 Å². The number of carbonyl (C=O) groups excluding carboxylic acids is 1. The van der Waals surface area contributed by atoms with Gasteiger partial charge in [-0.1, -0.05) is 38.1 Å². The first-order valence-electron chi connectivity index (χ1n) is 11.0. The van der Waals surface area contributed by atoms with Crippen LogP contribution in [0.2, 0.25) is 0 Å². The molecule has 2 aliphatic heterocycles. The lowest BCUT2D eigenvalue weighted by Crippen LogP contribution is -2.44. The molecule has 1 amide bonds. The second kappa shape index (κ2) is 10.5. The molecule has 2 heterocycles. The number of fused-ring (bicyclic) bond motifs is 1. The van der Waals surface area contributed by atoms with E-state index < -0.39 is 18.0 Å². The smallest absolute Gasteiger partial charge is 0.260 e. The fourth-order valence-electron chi connectivity index (χ4n) is 3.89. The maximum atomic E-state index is 13.9. The van der Waals surface area contributed by atoms with Gasteiger partial charge in [-0.3, -0.25) is 9.69 Å².